The van der Waals surface area contributed by atoms with Crippen molar-refractivity contribution in [3.8, 4) is 11.3 Å². The van der Waals surface area contributed by atoms with Crippen molar-refractivity contribution in [3.63, 3.8) is 0 Å². The summed E-state index contributed by atoms with van der Waals surface area (Å²) in [5, 5.41) is 0. The predicted molar refractivity (Wildman–Crippen MR) is 83.8 cm³/mol. The van der Waals surface area contributed by atoms with Gasteiger partial charge in [-0.05, 0) is 49.6 Å². The molecular formula is C17H23N3. The van der Waals surface area contributed by atoms with Gasteiger partial charge in [0.1, 0.15) is 5.82 Å². The molecule has 2 rings (SSSR count). The van der Waals surface area contributed by atoms with Crippen LogP contribution in [0.3, 0.4) is 0 Å². The Balaban J connectivity index is 2.52. The summed E-state index contributed by atoms with van der Waals surface area (Å²) in [7, 11) is 0. The lowest BCUT2D eigenvalue weighted by molar-refractivity contribution is 0.855. The Morgan fingerprint density at radius 1 is 1.10 bits per heavy atom. The highest BCUT2D eigenvalue weighted by atomic mass is 14.9. The van der Waals surface area contributed by atoms with Gasteiger partial charge in [0.2, 0.25) is 0 Å². The highest BCUT2D eigenvalue weighted by Crippen LogP contribution is 2.26. The number of benzene rings is 1. The van der Waals surface area contributed by atoms with Gasteiger partial charge in [-0.3, -0.25) is 0 Å². The van der Waals surface area contributed by atoms with Gasteiger partial charge in [0, 0.05) is 17.7 Å². The molecule has 1 aromatic heterocycles. The minimum atomic E-state index is 0.515. The minimum Gasteiger partial charge on any atom is -0.330 e. The molecule has 0 fully saturated rings. The van der Waals surface area contributed by atoms with Crippen molar-refractivity contribution in [2.24, 2.45) is 5.73 Å². The lowest BCUT2D eigenvalue weighted by atomic mass is 9.96. The molecule has 1 heterocycles. The zero-order valence-electron chi connectivity index (χ0n) is 12.8. The smallest absolute Gasteiger partial charge is 0.130 e. The Bertz CT molecular complexity index is 603. The van der Waals surface area contributed by atoms with E-state index in [9.17, 15) is 0 Å². The van der Waals surface area contributed by atoms with E-state index in [2.05, 4.69) is 48.9 Å². The van der Waals surface area contributed by atoms with Gasteiger partial charge in [0.25, 0.3) is 0 Å². The van der Waals surface area contributed by atoms with Crippen molar-refractivity contribution in [1.82, 2.24) is 9.97 Å². The van der Waals surface area contributed by atoms with Crippen LogP contribution in [0.2, 0.25) is 0 Å². The third-order valence-electron chi connectivity index (χ3n) is 3.47. The van der Waals surface area contributed by atoms with Gasteiger partial charge in [-0.25, -0.2) is 9.97 Å². The summed E-state index contributed by atoms with van der Waals surface area (Å²) >= 11 is 0. The van der Waals surface area contributed by atoms with E-state index in [1.165, 1.54) is 16.7 Å². The molecule has 0 aliphatic rings. The summed E-state index contributed by atoms with van der Waals surface area (Å²) in [4.78, 5) is 9.11. The normalized spacial score (nSPS) is 11.1. The van der Waals surface area contributed by atoms with E-state index in [-0.39, 0.29) is 0 Å². The molecule has 0 aliphatic carbocycles. The van der Waals surface area contributed by atoms with Crippen LogP contribution in [0.1, 0.15) is 42.4 Å². The largest absolute Gasteiger partial charge is 0.330 e. The van der Waals surface area contributed by atoms with Gasteiger partial charge in [-0.1, -0.05) is 26.0 Å². The number of nitrogens with zero attached hydrogens (tertiary/aromatic N) is 2. The molecule has 0 saturated heterocycles. The van der Waals surface area contributed by atoms with Crippen molar-refractivity contribution < 1.29 is 0 Å². The van der Waals surface area contributed by atoms with Crippen LogP contribution in [0.25, 0.3) is 11.3 Å². The summed E-state index contributed by atoms with van der Waals surface area (Å²) in [5.41, 5.74) is 11.4. The van der Waals surface area contributed by atoms with Crippen LogP contribution in [-0.2, 0) is 6.42 Å². The van der Waals surface area contributed by atoms with Crippen LogP contribution in [0.5, 0.6) is 0 Å². The maximum atomic E-state index is 5.61. The zero-order chi connectivity index (χ0) is 14.7. The molecule has 2 aromatic rings. The number of nitrogens with two attached hydrogens (primary N) is 1. The molecular weight excluding hydrogens is 246 g/mol. The summed E-state index contributed by atoms with van der Waals surface area (Å²) in [6.07, 6.45) is 0.720. The summed E-state index contributed by atoms with van der Waals surface area (Å²) in [5.74, 6) is 1.35. The standard InChI is InChI=1S/C17H23N3/c1-11(2)14-6-5-12(3)15(10-14)16-9-13(4)19-17(20-16)7-8-18/h5-6,9-11H,7-8,18H2,1-4H3. The van der Waals surface area contributed by atoms with Gasteiger partial charge in [0.15, 0.2) is 0 Å². The first-order valence-electron chi connectivity index (χ1n) is 7.16. The fraction of sp³-hybridized carbons (Fsp3) is 0.412. The van der Waals surface area contributed by atoms with Crippen molar-refractivity contribution in [3.05, 3.63) is 46.9 Å². The first-order chi connectivity index (χ1) is 9.51. The van der Waals surface area contributed by atoms with E-state index in [1.807, 2.05) is 13.0 Å². The van der Waals surface area contributed by atoms with E-state index < -0.39 is 0 Å². The lowest BCUT2D eigenvalue weighted by Gasteiger charge is -2.12. The number of rotatable bonds is 4. The van der Waals surface area contributed by atoms with Crippen LogP contribution in [-0.4, -0.2) is 16.5 Å². The number of aromatic nitrogens is 2. The molecule has 2 N–H and O–H groups in total. The molecule has 0 aliphatic heterocycles. The average molecular weight is 269 g/mol. The molecule has 0 saturated carbocycles. The zero-order valence-corrected chi connectivity index (χ0v) is 12.8. The van der Waals surface area contributed by atoms with E-state index in [1.54, 1.807) is 0 Å². The highest BCUT2D eigenvalue weighted by Gasteiger charge is 2.09. The highest BCUT2D eigenvalue weighted by molar-refractivity contribution is 5.65. The van der Waals surface area contributed by atoms with Crippen LogP contribution in [0, 0.1) is 13.8 Å². The third-order valence-corrected chi connectivity index (χ3v) is 3.47. The molecule has 3 heteroatoms. The van der Waals surface area contributed by atoms with Crippen molar-refractivity contribution >= 4 is 0 Å². The molecule has 20 heavy (non-hydrogen) atoms. The molecule has 106 valence electrons. The monoisotopic (exact) mass is 269 g/mol. The Kier molecular flexibility index (Phi) is 4.50. The SMILES string of the molecule is Cc1cc(-c2cc(C(C)C)ccc2C)nc(CCN)n1. The Labute approximate surface area is 121 Å². The maximum Gasteiger partial charge on any atom is 0.130 e. The van der Waals surface area contributed by atoms with Crippen LogP contribution in [0.4, 0.5) is 0 Å². The molecule has 0 unspecified atom stereocenters. The van der Waals surface area contributed by atoms with Gasteiger partial charge in [-0.15, -0.1) is 0 Å². The number of aryl methyl sites for hydroxylation is 2. The minimum absolute atomic E-state index is 0.515. The Morgan fingerprint density at radius 3 is 2.50 bits per heavy atom. The second-order valence-corrected chi connectivity index (χ2v) is 5.58. The molecule has 0 amide bonds. The van der Waals surface area contributed by atoms with Crippen molar-refractivity contribution in [1.29, 1.82) is 0 Å². The summed E-state index contributed by atoms with van der Waals surface area (Å²) < 4.78 is 0. The molecule has 0 spiro atoms. The van der Waals surface area contributed by atoms with Crippen LogP contribution >= 0.6 is 0 Å². The maximum absolute atomic E-state index is 5.61. The third kappa shape index (κ3) is 3.23. The van der Waals surface area contributed by atoms with Crippen LogP contribution in [0.15, 0.2) is 24.3 Å². The topological polar surface area (TPSA) is 51.8 Å². The van der Waals surface area contributed by atoms with E-state index >= 15 is 0 Å². The number of hydrogen-bond donors (Lipinski definition) is 1. The Hall–Kier alpha value is -1.74. The fourth-order valence-electron chi connectivity index (χ4n) is 2.28. The van der Waals surface area contributed by atoms with Gasteiger partial charge < -0.3 is 5.73 Å². The Morgan fingerprint density at radius 2 is 1.85 bits per heavy atom. The van der Waals surface area contributed by atoms with Gasteiger partial charge in [0.05, 0.1) is 5.69 Å². The quantitative estimate of drug-likeness (QED) is 0.925. The lowest BCUT2D eigenvalue weighted by Crippen LogP contribution is -2.08. The molecule has 3 nitrogen and oxygen atoms in total. The first-order valence-corrected chi connectivity index (χ1v) is 7.16. The van der Waals surface area contributed by atoms with Crippen molar-refractivity contribution in [2.45, 2.75) is 40.0 Å². The molecule has 0 bridgehead atoms. The molecule has 0 atom stereocenters. The van der Waals surface area contributed by atoms with Gasteiger partial charge in [-0.2, -0.15) is 0 Å². The summed E-state index contributed by atoms with van der Waals surface area (Å²) in [6.45, 7) is 9.12. The first kappa shape index (κ1) is 14.7. The van der Waals surface area contributed by atoms with E-state index in [4.69, 9.17) is 5.73 Å². The molecule has 1 aromatic carbocycles. The number of hydrogen-bond acceptors (Lipinski definition) is 3. The second-order valence-electron chi connectivity index (χ2n) is 5.58. The average Bonchev–Trinajstić information content (AvgIpc) is 2.38. The second kappa shape index (κ2) is 6.14. The fourth-order valence-corrected chi connectivity index (χ4v) is 2.28. The van der Waals surface area contributed by atoms with Crippen molar-refractivity contribution in [2.75, 3.05) is 6.54 Å². The van der Waals surface area contributed by atoms with E-state index in [0.29, 0.717) is 12.5 Å². The predicted octanol–water partition coefficient (Wildman–Crippen LogP) is 3.39. The van der Waals surface area contributed by atoms with E-state index in [0.717, 1.165) is 23.6 Å². The summed E-state index contributed by atoms with van der Waals surface area (Å²) in [6, 6.07) is 8.66. The molecule has 0 radical (unpaired) electrons. The van der Waals surface area contributed by atoms with Gasteiger partial charge >= 0.3 is 0 Å². The van der Waals surface area contributed by atoms with Crippen LogP contribution < -0.4 is 5.73 Å².